The second kappa shape index (κ2) is 8.53. The molecule has 1 saturated heterocycles. The van der Waals surface area contributed by atoms with Crippen LogP contribution in [0.3, 0.4) is 0 Å². The lowest BCUT2D eigenvalue weighted by Crippen LogP contribution is -2.50. The van der Waals surface area contributed by atoms with Gasteiger partial charge < -0.3 is 20.2 Å². The lowest BCUT2D eigenvalue weighted by molar-refractivity contribution is 0.142. The molecule has 0 unspecified atom stereocenters. The molecule has 3 N–H and O–H groups in total. The van der Waals surface area contributed by atoms with Gasteiger partial charge in [0.25, 0.3) is 5.89 Å². The Kier molecular flexibility index (Phi) is 5.39. The minimum absolute atomic E-state index is 0.161. The highest BCUT2D eigenvalue weighted by Gasteiger charge is 2.23. The van der Waals surface area contributed by atoms with Crippen molar-refractivity contribution in [3.63, 3.8) is 0 Å². The Morgan fingerprint density at radius 3 is 2.56 bits per heavy atom. The molecule has 0 atom stereocenters. The number of hydrogen-bond acceptors (Lipinski definition) is 10. The molecule has 1 aliphatic rings. The van der Waals surface area contributed by atoms with E-state index in [1.807, 2.05) is 44.2 Å². The summed E-state index contributed by atoms with van der Waals surface area (Å²) in [7, 11) is 0. The summed E-state index contributed by atoms with van der Waals surface area (Å²) in [5, 5.41) is 20.9. The van der Waals surface area contributed by atoms with Gasteiger partial charge in [-0.3, -0.25) is 4.98 Å². The largest absolute Gasteiger partial charge is 0.488 e. The fourth-order valence-electron chi connectivity index (χ4n) is 3.33. The van der Waals surface area contributed by atoms with Gasteiger partial charge in [-0.2, -0.15) is 5.26 Å². The quantitative estimate of drug-likeness (QED) is 0.445. The van der Waals surface area contributed by atoms with Crippen LogP contribution >= 0.6 is 0 Å². The predicted octanol–water partition coefficient (Wildman–Crippen LogP) is 2.99. The van der Waals surface area contributed by atoms with Crippen LogP contribution < -0.4 is 15.8 Å². The highest BCUT2D eigenvalue weighted by atomic mass is 16.5. The van der Waals surface area contributed by atoms with Gasteiger partial charge in [0.05, 0.1) is 29.1 Å². The average Bonchev–Trinajstić information content (AvgIpc) is 3.32. The summed E-state index contributed by atoms with van der Waals surface area (Å²) in [5.41, 5.74) is 8.30. The van der Waals surface area contributed by atoms with Crippen LogP contribution in [0.15, 0.2) is 53.2 Å². The van der Waals surface area contributed by atoms with Crippen LogP contribution in [-0.2, 0) is 5.41 Å². The third-order valence-electron chi connectivity index (χ3n) is 5.55. The molecule has 34 heavy (non-hydrogen) atoms. The van der Waals surface area contributed by atoms with Gasteiger partial charge in [-0.1, -0.05) is 0 Å². The van der Waals surface area contributed by atoms with Crippen LogP contribution in [0.5, 0.6) is 5.75 Å². The number of aromatic nitrogens is 5. The number of ether oxygens (including phenoxy) is 1. The first-order valence-corrected chi connectivity index (χ1v) is 10.8. The molecule has 5 rings (SSSR count). The molecule has 10 nitrogen and oxygen atoms in total. The van der Waals surface area contributed by atoms with E-state index in [1.54, 1.807) is 18.5 Å². The Hall–Kier alpha value is -4.36. The fourth-order valence-corrected chi connectivity index (χ4v) is 3.33. The van der Waals surface area contributed by atoms with Crippen LogP contribution in [-0.4, -0.2) is 44.3 Å². The van der Waals surface area contributed by atoms with Gasteiger partial charge in [0.2, 0.25) is 5.89 Å². The summed E-state index contributed by atoms with van der Waals surface area (Å²) in [6.45, 7) is 5.32. The Bertz CT molecular complexity index is 1370. The first-order chi connectivity index (χ1) is 16.4. The van der Waals surface area contributed by atoms with E-state index in [2.05, 4.69) is 36.5 Å². The number of hydrogen-bond donors (Lipinski definition) is 2. The maximum Gasteiger partial charge on any atom is 0.270 e. The molecule has 0 radical (unpaired) electrons. The van der Waals surface area contributed by atoms with Gasteiger partial charge in [-0.05, 0) is 50.2 Å². The van der Waals surface area contributed by atoms with Gasteiger partial charge in [-0.15, -0.1) is 10.2 Å². The molecule has 4 heterocycles. The molecule has 170 valence electrons. The van der Waals surface area contributed by atoms with Gasteiger partial charge in [0.1, 0.15) is 11.9 Å². The number of nitriles is 1. The maximum atomic E-state index is 9.43. The second-order valence-corrected chi connectivity index (χ2v) is 8.49. The number of anilines is 1. The molecule has 0 saturated carbocycles. The van der Waals surface area contributed by atoms with E-state index >= 15 is 0 Å². The minimum atomic E-state index is -0.739. The SMILES string of the molecule is CC(C)(C#N)c1cc(-c2cnc(N)c(-c3nnc(-c4ccc(OC5CNC5)cc4)o3)n2)ccn1. The monoisotopic (exact) mass is 454 g/mol. The van der Waals surface area contributed by atoms with Crippen LogP contribution in [0.2, 0.25) is 0 Å². The molecule has 0 amide bonds. The molecule has 10 heteroatoms. The first-order valence-electron chi connectivity index (χ1n) is 10.8. The number of pyridine rings is 1. The molecular formula is C24H22N8O2. The third kappa shape index (κ3) is 4.16. The predicted molar refractivity (Wildman–Crippen MR) is 124 cm³/mol. The number of nitrogens with one attached hydrogen (secondary N) is 1. The number of nitrogens with two attached hydrogens (primary N) is 1. The Morgan fingerprint density at radius 2 is 1.85 bits per heavy atom. The standard InChI is InChI=1S/C24H22N8O2/c1-24(2,13-25)19-9-15(7-8-28-19)18-12-29-21(26)20(30-18)23-32-31-22(34-23)14-3-5-16(6-4-14)33-17-10-27-11-17/h3-9,12,17,27H,10-11H2,1-2H3,(H2,26,29). The zero-order chi connectivity index (χ0) is 23.7. The van der Waals surface area contributed by atoms with Crippen molar-refractivity contribution >= 4 is 5.82 Å². The highest BCUT2D eigenvalue weighted by Crippen LogP contribution is 2.30. The zero-order valence-electron chi connectivity index (χ0n) is 18.7. The first kappa shape index (κ1) is 21.5. The lowest BCUT2D eigenvalue weighted by Gasteiger charge is -2.27. The number of benzene rings is 1. The number of nitrogen functional groups attached to an aromatic ring is 1. The Labute approximate surface area is 195 Å². The summed E-state index contributed by atoms with van der Waals surface area (Å²) < 4.78 is 11.7. The van der Waals surface area contributed by atoms with E-state index in [4.69, 9.17) is 14.9 Å². The van der Waals surface area contributed by atoms with Gasteiger partial charge in [0, 0.05) is 30.4 Å². The summed E-state index contributed by atoms with van der Waals surface area (Å²) in [5.74, 6) is 1.45. The van der Waals surface area contributed by atoms with Gasteiger partial charge in [-0.25, -0.2) is 9.97 Å². The molecule has 0 bridgehead atoms. The van der Waals surface area contributed by atoms with E-state index in [-0.39, 0.29) is 23.5 Å². The van der Waals surface area contributed by atoms with Crippen molar-refractivity contribution in [1.82, 2.24) is 30.5 Å². The van der Waals surface area contributed by atoms with Crippen molar-refractivity contribution in [2.75, 3.05) is 18.8 Å². The molecule has 4 aromatic rings. The van der Waals surface area contributed by atoms with E-state index in [0.29, 0.717) is 17.3 Å². The van der Waals surface area contributed by atoms with Gasteiger partial charge >= 0.3 is 0 Å². The van der Waals surface area contributed by atoms with E-state index < -0.39 is 5.41 Å². The molecule has 1 aromatic carbocycles. The van der Waals surface area contributed by atoms with Crippen LogP contribution in [0.1, 0.15) is 19.5 Å². The molecule has 3 aromatic heterocycles. The van der Waals surface area contributed by atoms with Crippen molar-refractivity contribution in [2.24, 2.45) is 0 Å². The van der Waals surface area contributed by atoms with E-state index in [0.717, 1.165) is 30.0 Å². The van der Waals surface area contributed by atoms with E-state index in [9.17, 15) is 5.26 Å². The smallest absolute Gasteiger partial charge is 0.270 e. The molecule has 0 aliphatic carbocycles. The summed E-state index contributed by atoms with van der Waals surface area (Å²) in [4.78, 5) is 13.2. The lowest BCUT2D eigenvalue weighted by atomic mass is 9.90. The average molecular weight is 454 g/mol. The van der Waals surface area contributed by atoms with Crippen molar-refractivity contribution in [2.45, 2.75) is 25.4 Å². The van der Waals surface area contributed by atoms with Gasteiger partial charge in [0.15, 0.2) is 11.5 Å². The zero-order valence-corrected chi connectivity index (χ0v) is 18.7. The fraction of sp³-hybridized carbons (Fsp3) is 0.250. The minimum Gasteiger partial charge on any atom is -0.488 e. The molecule has 0 spiro atoms. The van der Waals surface area contributed by atoms with Crippen LogP contribution in [0, 0.1) is 11.3 Å². The van der Waals surface area contributed by atoms with Crippen molar-refractivity contribution in [3.8, 4) is 46.1 Å². The molecular weight excluding hydrogens is 432 g/mol. The highest BCUT2D eigenvalue weighted by molar-refractivity contribution is 5.69. The summed E-state index contributed by atoms with van der Waals surface area (Å²) in [6.07, 6.45) is 3.41. The topological polar surface area (TPSA) is 149 Å². The van der Waals surface area contributed by atoms with Crippen LogP contribution in [0.4, 0.5) is 5.82 Å². The van der Waals surface area contributed by atoms with Crippen molar-refractivity contribution in [3.05, 3.63) is 54.5 Å². The molecule has 1 fully saturated rings. The summed E-state index contributed by atoms with van der Waals surface area (Å²) in [6, 6.07) is 13.3. The second-order valence-electron chi connectivity index (χ2n) is 8.49. The molecule has 1 aliphatic heterocycles. The maximum absolute atomic E-state index is 9.43. The Balaban J connectivity index is 1.42. The van der Waals surface area contributed by atoms with Crippen molar-refractivity contribution in [1.29, 1.82) is 5.26 Å². The Morgan fingerprint density at radius 1 is 1.09 bits per heavy atom. The van der Waals surface area contributed by atoms with E-state index in [1.165, 1.54) is 0 Å². The number of nitrogens with zero attached hydrogens (tertiary/aromatic N) is 6. The third-order valence-corrected chi connectivity index (χ3v) is 5.55. The normalized spacial score (nSPS) is 13.8. The van der Waals surface area contributed by atoms with Crippen LogP contribution in [0.25, 0.3) is 34.3 Å². The summed E-state index contributed by atoms with van der Waals surface area (Å²) >= 11 is 0. The van der Waals surface area contributed by atoms with Crippen molar-refractivity contribution < 1.29 is 9.15 Å². The number of rotatable bonds is 6.